The van der Waals surface area contributed by atoms with Crippen LogP contribution in [0, 0.1) is 16.7 Å². The number of ether oxygens (including phenoxy) is 4. The van der Waals surface area contributed by atoms with E-state index in [4.69, 9.17) is 24.7 Å². The minimum Gasteiger partial charge on any atom is -0.504 e. The number of carboxylic acids is 1. The summed E-state index contributed by atoms with van der Waals surface area (Å²) in [7, 11) is 2.95. The van der Waals surface area contributed by atoms with Crippen molar-refractivity contribution in [1.29, 1.82) is 0 Å². The van der Waals surface area contributed by atoms with Gasteiger partial charge in [0.05, 0.1) is 39.0 Å². The van der Waals surface area contributed by atoms with Crippen molar-refractivity contribution >= 4 is 11.8 Å². The smallest absolute Gasteiger partial charge is 0.304 e. The van der Waals surface area contributed by atoms with E-state index in [0.29, 0.717) is 42.8 Å². The largest absolute Gasteiger partial charge is 0.504 e. The molecule has 1 aliphatic carbocycles. The number of nitrogens with two attached hydrogens (primary N) is 1. The molecule has 0 radical (unpaired) electrons. The summed E-state index contributed by atoms with van der Waals surface area (Å²) >= 11 is 0. The molecule has 3 aromatic rings. The van der Waals surface area contributed by atoms with Gasteiger partial charge in [-0.15, -0.1) is 0 Å². The summed E-state index contributed by atoms with van der Waals surface area (Å²) in [5.74, 6) is -0.423. The van der Waals surface area contributed by atoms with Crippen LogP contribution in [0.15, 0.2) is 48.7 Å². The van der Waals surface area contributed by atoms with Crippen molar-refractivity contribution in [3.63, 3.8) is 0 Å². The number of piperidine rings is 1. The molecule has 13 nitrogen and oxygen atoms in total. The second-order valence-corrected chi connectivity index (χ2v) is 15.9. The maximum Gasteiger partial charge on any atom is 0.304 e. The third-order valence-electron chi connectivity index (χ3n) is 12.5. The molecule has 2 aromatic carbocycles. The molecule has 6 rings (SSSR count). The third kappa shape index (κ3) is 8.60. The molecular formula is C42H57N3O10. The molecule has 3 aliphatic rings. The Hall–Kier alpha value is -4.30. The van der Waals surface area contributed by atoms with Crippen LogP contribution in [0.1, 0.15) is 87.5 Å². The van der Waals surface area contributed by atoms with E-state index in [2.05, 4.69) is 17.2 Å². The number of nitrogen functional groups attached to an aromatic ring is 1. The van der Waals surface area contributed by atoms with Gasteiger partial charge in [-0.1, -0.05) is 18.9 Å². The van der Waals surface area contributed by atoms with Crippen molar-refractivity contribution in [3.05, 3.63) is 65.4 Å². The molecule has 7 atom stereocenters. The fourth-order valence-corrected chi connectivity index (χ4v) is 10.0. The highest BCUT2D eigenvalue weighted by Gasteiger charge is 2.60. The minimum absolute atomic E-state index is 0.0557. The summed E-state index contributed by atoms with van der Waals surface area (Å²) in [6.07, 6.45) is 6.81. The Bertz CT molecular complexity index is 1780. The number of aryl methyl sites for hydroxylation is 1. The van der Waals surface area contributed by atoms with Crippen LogP contribution in [0.2, 0.25) is 0 Å². The molecule has 3 fully saturated rings. The van der Waals surface area contributed by atoms with Gasteiger partial charge in [0.25, 0.3) is 0 Å². The van der Waals surface area contributed by atoms with Crippen molar-refractivity contribution in [3.8, 4) is 28.7 Å². The lowest BCUT2D eigenvalue weighted by molar-refractivity contribution is -0.148. The zero-order chi connectivity index (χ0) is 39.3. The van der Waals surface area contributed by atoms with Gasteiger partial charge in [0.1, 0.15) is 12.4 Å². The normalized spacial score (nSPS) is 27.5. The first-order chi connectivity index (χ1) is 26.4. The molecule has 13 heteroatoms. The molecule has 1 aromatic heterocycles. The number of aliphatic hydroxyl groups excluding tert-OH is 2. The number of aromatic hydroxyl groups is 2. The van der Waals surface area contributed by atoms with Crippen LogP contribution in [0.5, 0.6) is 28.7 Å². The number of aromatic nitrogens is 1. The minimum atomic E-state index is -0.886. The summed E-state index contributed by atoms with van der Waals surface area (Å²) in [6.45, 7) is 2.04. The molecule has 2 saturated heterocycles. The molecular weight excluding hydrogens is 706 g/mol. The molecule has 0 bridgehead atoms. The number of hydrogen-bond acceptors (Lipinski definition) is 12. The summed E-state index contributed by atoms with van der Waals surface area (Å²) in [5.41, 5.74) is 7.57. The second-order valence-electron chi connectivity index (χ2n) is 15.9. The molecule has 1 saturated carbocycles. The van der Waals surface area contributed by atoms with E-state index < -0.39 is 35.6 Å². The lowest BCUT2D eigenvalue weighted by atomic mass is 9.51. The number of carboxylic acid groups (broad SMARTS) is 1. The summed E-state index contributed by atoms with van der Waals surface area (Å²) in [6, 6.07) is 12.0. The van der Waals surface area contributed by atoms with Crippen molar-refractivity contribution in [2.24, 2.45) is 16.7 Å². The van der Waals surface area contributed by atoms with Crippen LogP contribution < -0.4 is 25.3 Å². The van der Waals surface area contributed by atoms with Gasteiger partial charge >= 0.3 is 5.97 Å². The quantitative estimate of drug-likeness (QED) is 0.105. The predicted octanol–water partition coefficient (Wildman–Crippen LogP) is 5.31. The first-order valence-electron chi connectivity index (χ1n) is 19.4. The van der Waals surface area contributed by atoms with Gasteiger partial charge in [-0.3, -0.25) is 4.79 Å². The van der Waals surface area contributed by atoms with Crippen LogP contribution >= 0.6 is 0 Å². The lowest BCUT2D eigenvalue weighted by Gasteiger charge is -2.58. The Balaban J connectivity index is 1.31. The van der Waals surface area contributed by atoms with Gasteiger partial charge in [0, 0.05) is 36.2 Å². The number of phenolic OH excluding ortho intramolecular Hbond substituents is 2. The van der Waals surface area contributed by atoms with Gasteiger partial charge < -0.3 is 55.5 Å². The van der Waals surface area contributed by atoms with Crippen LogP contribution in [0.4, 0.5) is 5.82 Å². The van der Waals surface area contributed by atoms with Crippen LogP contribution in [-0.2, 0) is 22.4 Å². The summed E-state index contributed by atoms with van der Waals surface area (Å²) < 4.78 is 24.2. The molecule has 0 unspecified atom stereocenters. The Morgan fingerprint density at radius 1 is 1.02 bits per heavy atom. The monoisotopic (exact) mass is 763 g/mol. The first-order valence-corrected chi connectivity index (χ1v) is 19.4. The Kier molecular flexibility index (Phi) is 12.6. The molecule has 0 amide bonds. The van der Waals surface area contributed by atoms with E-state index in [1.54, 1.807) is 30.5 Å². The van der Waals surface area contributed by atoms with Crippen molar-refractivity contribution < 1.29 is 49.3 Å². The molecule has 55 heavy (non-hydrogen) atoms. The SMILES string of the molecule is COc1cc(CC[C@H]2C[C@H](O)[C@H](CCO)[C@@H](c3cc(OC)c(O)c(OC[C@@H]4N[C@@H](C)CC5(CCCC5)[C@@]4(CC(=O)O)Cc4ccnc(N)c4)c3)O2)ccc1O. The Labute approximate surface area is 322 Å². The number of benzene rings is 2. The van der Waals surface area contributed by atoms with Crippen LogP contribution in [0.25, 0.3) is 0 Å². The van der Waals surface area contributed by atoms with Crippen molar-refractivity contribution in [2.45, 2.75) is 108 Å². The Morgan fingerprint density at radius 2 is 1.76 bits per heavy atom. The molecule has 8 N–H and O–H groups in total. The first kappa shape index (κ1) is 40.4. The topological polar surface area (TPSA) is 206 Å². The van der Waals surface area contributed by atoms with E-state index in [-0.39, 0.29) is 66.6 Å². The van der Waals surface area contributed by atoms with E-state index in [9.17, 15) is 30.3 Å². The third-order valence-corrected chi connectivity index (χ3v) is 12.5. The maximum absolute atomic E-state index is 12.8. The number of anilines is 1. The van der Waals surface area contributed by atoms with Gasteiger partial charge in [-0.25, -0.2) is 4.98 Å². The van der Waals surface area contributed by atoms with Crippen molar-refractivity contribution in [1.82, 2.24) is 10.3 Å². The molecule has 300 valence electrons. The second kappa shape index (κ2) is 17.2. The number of methoxy groups -OCH3 is 2. The number of nitrogens with one attached hydrogen (secondary N) is 1. The zero-order valence-electron chi connectivity index (χ0n) is 32.1. The number of hydrogen-bond donors (Lipinski definition) is 7. The standard InChI is InChI=1S/C42H57N3O10/c1-25-21-41(12-4-5-13-41)42(23-38(49)50,22-27-10-14-44-37(43)17-27)36(45-25)24-54-35-19-28(18-34(53-3)39(35)51)40-30(11-15-46)32(48)20-29(55-40)8-6-26-7-9-31(47)33(16-26)52-2/h7,9-10,14,16-19,25,29-30,32,36,40,45-48,51H,4-6,8,11-13,15,20-24H2,1-3H3,(H2,43,44)(H,49,50)/t25-,29-,30-,32-,36-,40+,42+/m0/s1. The van der Waals surface area contributed by atoms with Crippen LogP contribution in [0.3, 0.4) is 0 Å². The van der Waals surface area contributed by atoms with Gasteiger partial charge in [0.2, 0.25) is 5.75 Å². The fourth-order valence-electron chi connectivity index (χ4n) is 10.0. The molecule has 2 aliphatic heterocycles. The number of aliphatic carboxylic acids is 1. The van der Waals surface area contributed by atoms with E-state index >= 15 is 0 Å². The number of nitrogens with zero attached hydrogens (tertiary/aromatic N) is 1. The van der Waals surface area contributed by atoms with E-state index in [0.717, 1.165) is 43.2 Å². The van der Waals surface area contributed by atoms with Crippen LogP contribution in [-0.4, -0.2) is 88.2 Å². The van der Waals surface area contributed by atoms with Crippen molar-refractivity contribution in [2.75, 3.05) is 33.2 Å². The van der Waals surface area contributed by atoms with Gasteiger partial charge in [-0.05, 0) is 117 Å². The number of pyridine rings is 1. The highest BCUT2D eigenvalue weighted by Crippen LogP contribution is 2.61. The maximum atomic E-state index is 12.8. The van der Waals surface area contributed by atoms with Gasteiger partial charge in [0.15, 0.2) is 23.0 Å². The number of rotatable bonds is 15. The molecule has 1 spiro atoms. The zero-order valence-corrected chi connectivity index (χ0v) is 32.1. The predicted molar refractivity (Wildman–Crippen MR) is 206 cm³/mol. The average molecular weight is 764 g/mol. The highest BCUT2D eigenvalue weighted by atomic mass is 16.5. The van der Waals surface area contributed by atoms with Gasteiger partial charge in [-0.2, -0.15) is 0 Å². The Morgan fingerprint density at radius 3 is 2.45 bits per heavy atom. The molecule has 3 heterocycles. The van der Waals surface area contributed by atoms with E-state index in [1.165, 1.54) is 14.2 Å². The van der Waals surface area contributed by atoms with E-state index in [1.807, 2.05) is 18.2 Å². The number of phenols is 2. The lowest BCUT2D eigenvalue weighted by Crippen LogP contribution is -2.65. The number of aliphatic hydroxyl groups is 2. The summed E-state index contributed by atoms with van der Waals surface area (Å²) in [5, 5.41) is 57.1. The average Bonchev–Trinajstić information content (AvgIpc) is 3.62. The fraction of sp³-hybridized carbons (Fsp3) is 0.571. The summed E-state index contributed by atoms with van der Waals surface area (Å²) in [4.78, 5) is 17.0. The highest BCUT2D eigenvalue weighted by molar-refractivity contribution is 5.68. The number of carbonyl (C=O) groups is 1.